The van der Waals surface area contributed by atoms with Crippen LogP contribution in [0.15, 0.2) is 24.3 Å². The molecule has 0 spiro atoms. The molecule has 0 aromatic heterocycles. The largest absolute Gasteiger partial charge is 0.478 e. The quantitative estimate of drug-likeness (QED) is 0.621. The second-order valence-corrected chi connectivity index (χ2v) is 3.91. The van der Waals surface area contributed by atoms with Crippen molar-refractivity contribution in [2.45, 2.75) is 25.3 Å². The summed E-state index contributed by atoms with van der Waals surface area (Å²) in [6.45, 7) is 0. The summed E-state index contributed by atoms with van der Waals surface area (Å²) in [6, 6.07) is 6.72. The van der Waals surface area contributed by atoms with Gasteiger partial charge in [-0.3, -0.25) is 4.90 Å². The highest BCUT2D eigenvalue weighted by molar-refractivity contribution is 5.88. The molecular weight excluding hydrogens is 204 g/mol. The molecule has 1 aromatic rings. The van der Waals surface area contributed by atoms with Crippen LogP contribution in [0.3, 0.4) is 0 Å². The molecule has 1 aliphatic rings. The van der Waals surface area contributed by atoms with Crippen LogP contribution in [-0.4, -0.2) is 17.1 Å². The normalized spacial score (nSPS) is 14.9. The number of benzene rings is 1. The molecule has 16 heavy (non-hydrogen) atoms. The van der Waals surface area contributed by atoms with E-state index in [4.69, 9.17) is 10.4 Å². The van der Waals surface area contributed by atoms with Crippen molar-refractivity contribution in [2.75, 3.05) is 4.90 Å². The number of carbonyl (C=O) groups is 1. The van der Waals surface area contributed by atoms with Crippen molar-refractivity contribution in [3.63, 3.8) is 0 Å². The molecule has 1 aromatic carbocycles. The molecule has 0 bridgehead atoms. The second kappa shape index (κ2) is 4.23. The molecule has 1 saturated carbocycles. The average molecular weight is 216 g/mol. The maximum Gasteiger partial charge on any atom is 0.335 e. The molecule has 0 atom stereocenters. The molecule has 0 amide bonds. The van der Waals surface area contributed by atoms with Crippen molar-refractivity contribution in [1.29, 1.82) is 5.26 Å². The predicted molar refractivity (Wildman–Crippen MR) is 59.1 cm³/mol. The maximum absolute atomic E-state index is 10.7. The Bertz CT molecular complexity index is 429. The van der Waals surface area contributed by atoms with Gasteiger partial charge in [0, 0.05) is 6.04 Å². The summed E-state index contributed by atoms with van der Waals surface area (Å²) in [4.78, 5) is 12.3. The third-order valence-corrected chi connectivity index (χ3v) is 2.94. The van der Waals surface area contributed by atoms with Crippen LogP contribution in [-0.2, 0) is 0 Å². The number of anilines is 1. The Balaban J connectivity index is 2.19. The van der Waals surface area contributed by atoms with E-state index in [0.717, 1.165) is 24.9 Å². The van der Waals surface area contributed by atoms with Crippen LogP contribution in [0.5, 0.6) is 0 Å². The Morgan fingerprint density at radius 2 is 2.00 bits per heavy atom. The number of aromatic carboxylic acids is 1. The molecule has 82 valence electrons. The highest BCUT2D eigenvalue weighted by Gasteiger charge is 2.25. The van der Waals surface area contributed by atoms with Crippen molar-refractivity contribution in [3.05, 3.63) is 29.8 Å². The van der Waals surface area contributed by atoms with E-state index in [0.29, 0.717) is 6.04 Å². The molecule has 0 unspecified atom stereocenters. The number of hydrogen-bond donors (Lipinski definition) is 1. The lowest BCUT2D eigenvalue weighted by Crippen LogP contribution is -2.36. The van der Waals surface area contributed by atoms with Gasteiger partial charge in [-0.05, 0) is 43.5 Å². The molecule has 4 nitrogen and oxygen atoms in total. The Morgan fingerprint density at radius 1 is 1.38 bits per heavy atom. The fraction of sp³-hybridized carbons (Fsp3) is 0.333. The fourth-order valence-electron chi connectivity index (χ4n) is 1.76. The lowest BCUT2D eigenvalue weighted by molar-refractivity contribution is 0.0697. The van der Waals surface area contributed by atoms with Gasteiger partial charge in [0.25, 0.3) is 0 Å². The maximum atomic E-state index is 10.7. The van der Waals surface area contributed by atoms with Crippen molar-refractivity contribution >= 4 is 11.7 Å². The monoisotopic (exact) mass is 216 g/mol. The first-order valence-corrected chi connectivity index (χ1v) is 5.24. The molecule has 1 fully saturated rings. The number of nitriles is 1. The number of nitrogens with zero attached hydrogens (tertiary/aromatic N) is 2. The summed E-state index contributed by atoms with van der Waals surface area (Å²) in [6.07, 6.45) is 5.39. The van der Waals surface area contributed by atoms with Crippen molar-refractivity contribution in [2.24, 2.45) is 0 Å². The smallest absolute Gasteiger partial charge is 0.335 e. The summed E-state index contributed by atoms with van der Waals surface area (Å²) in [5.41, 5.74) is 1.02. The summed E-state index contributed by atoms with van der Waals surface area (Å²) in [5, 5.41) is 17.8. The molecule has 1 aliphatic carbocycles. The van der Waals surface area contributed by atoms with Crippen LogP contribution in [0.4, 0.5) is 5.69 Å². The van der Waals surface area contributed by atoms with E-state index in [1.54, 1.807) is 17.0 Å². The van der Waals surface area contributed by atoms with Gasteiger partial charge in [0.05, 0.1) is 11.3 Å². The fourth-order valence-corrected chi connectivity index (χ4v) is 1.76. The average Bonchev–Trinajstić information content (AvgIpc) is 2.23. The van der Waals surface area contributed by atoms with Crippen LogP contribution in [0.1, 0.15) is 29.6 Å². The Hall–Kier alpha value is -2.02. The first-order chi connectivity index (χ1) is 7.72. The van der Waals surface area contributed by atoms with Crippen LogP contribution >= 0.6 is 0 Å². The zero-order chi connectivity index (χ0) is 11.5. The topological polar surface area (TPSA) is 64.3 Å². The van der Waals surface area contributed by atoms with E-state index >= 15 is 0 Å². The van der Waals surface area contributed by atoms with E-state index in [1.807, 2.05) is 0 Å². The standard InChI is InChI=1S/C12H12N2O2/c13-8-14(10-2-1-3-10)11-6-4-9(5-7-11)12(15)16/h4-7,10H,1-3H2,(H,15,16). The van der Waals surface area contributed by atoms with Gasteiger partial charge in [0.2, 0.25) is 0 Å². The number of rotatable bonds is 3. The summed E-state index contributed by atoms with van der Waals surface area (Å²) in [7, 11) is 0. The number of carboxylic acid groups (broad SMARTS) is 1. The van der Waals surface area contributed by atoms with Gasteiger partial charge in [0.1, 0.15) is 0 Å². The minimum absolute atomic E-state index is 0.246. The molecule has 1 N–H and O–H groups in total. The Labute approximate surface area is 93.7 Å². The molecule has 0 saturated heterocycles. The molecule has 0 radical (unpaired) electrons. The molecule has 0 heterocycles. The number of hydrogen-bond acceptors (Lipinski definition) is 3. The lowest BCUT2D eigenvalue weighted by Gasteiger charge is -2.33. The van der Waals surface area contributed by atoms with Gasteiger partial charge >= 0.3 is 5.97 Å². The van der Waals surface area contributed by atoms with Crippen molar-refractivity contribution in [1.82, 2.24) is 0 Å². The minimum atomic E-state index is -0.946. The van der Waals surface area contributed by atoms with Crippen LogP contribution in [0.25, 0.3) is 0 Å². The number of carboxylic acids is 1. The molecular formula is C12H12N2O2. The molecule has 4 heteroatoms. The zero-order valence-electron chi connectivity index (χ0n) is 8.76. The van der Waals surface area contributed by atoms with E-state index in [2.05, 4.69) is 6.19 Å². The molecule has 2 rings (SSSR count). The van der Waals surface area contributed by atoms with Gasteiger partial charge < -0.3 is 5.11 Å². The summed E-state index contributed by atoms with van der Waals surface area (Å²) >= 11 is 0. The third-order valence-electron chi connectivity index (χ3n) is 2.94. The van der Waals surface area contributed by atoms with Gasteiger partial charge in [-0.1, -0.05) is 0 Å². The van der Waals surface area contributed by atoms with Crippen LogP contribution in [0, 0.1) is 11.5 Å². The van der Waals surface area contributed by atoms with Gasteiger partial charge in [-0.25, -0.2) is 4.79 Å². The van der Waals surface area contributed by atoms with Crippen molar-refractivity contribution < 1.29 is 9.90 Å². The van der Waals surface area contributed by atoms with E-state index in [9.17, 15) is 4.79 Å². The van der Waals surface area contributed by atoms with Gasteiger partial charge in [-0.15, -0.1) is 0 Å². The minimum Gasteiger partial charge on any atom is -0.478 e. The molecule has 0 aliphatic heterocycles. The SMILES string of the molecule is N#CN(c1ccc(C(=O)O)cc1)C1CCC1. The Morgan fingerprint density at radius 3 is 2.38 bits per heavy atom. The highest BCUT2D eigenvalue weighted by Crippen LogP contribution is 2.28. The van der Waals surface area contributed by atoms with Crippen molar-refractivity contribution in [3.8, 4) is 6.19 Å². The van der Waals surface area contributed by atoms with E-state index in [-0.39, 0.29) is 5.56 Å². The van der Waals surface area contributed by atoms with Gasteiger partial charge in [-0.2, -0.15) is 5.26 Å². The summed E-state index contributed by atoms with van der Waals surface area (Å²) < 4.78 is 0. The van der Waals surface area contributed by atoms with E-state index in [1.165, 1.54) is 12.1 Å². The summed E-state index contributed by atoms with van der Waals surface area (Å²) in [5.74, 6) is -0.946. The van der Waals surface area contributed by atoms with Crippen LogP contribution in [0.2, 0.25) is 0 Å². The lowest BCUT2D eigenvalue weighted by atomic mass is 9.91. The zero-order valence-corrected chi connectivity index (χ0v) is 8.76. The Kier molecular flexibility index (Phi) is 2.78. The van der Waals surface area contributed by atoms with Gasteiger partial charge in [0.15, 0.2) is 6.19 Å². The third kappa shape index (κ3) is 1.84. The second-order valence-electron chi connectivity index (χ2n) is 3.91. The predicted octanol–water partition coefficient (Wildman–Crippen LogP) is 2.22. The van der Waals surface area contributed by atoms with E-state index < -0.39 is 5.97 Å². The van der Waals surface area contributed by atoms with Crippen LogP contribution < -0.4 is 4.90 Å². The highest BCUT2D eigenvalue weighted by atomic mass is 16.4. The first kappa shape index (κ1) is 10.5. The first-order valence-electron chi connectivity index (χ1n) is 5.24.